The fourth-order valence-electron chi connectivity index (χ4n) is 3.62. The number of benzene rings is 3. The topological polar surface area (TPSA) is 83.1 Å². The summed E-state index contributed by atoms with van der Waals surface area (Å²) in [6.45, 7) is 0. The second-order valence-electron chi connectivity index (χ2n) is 6.81. The van der Waals surface area contributed by atoms with Gasteiger partial charge in [-0.3, -0.25) is 15.1 Å². The number of ether oxygens (including phenoxy) is 1. The fourth-order valence-corrected chi connectivity index (χ4v) is 3.62. The summed E-state index contributed by atoms with van der Waals surface area (Å²) in [5.41, 5.74) is 3.91. The molecular weight excluding hydrogens is 380 g/mol. The number of nitro benzene ring substituents is 1. The Morgan fingerprint density at radius 2 is 1.80 bits per heavy atom. The fraction of sp³-hybridized carbons (Fsp3) is 0.0435. The lowest BCUT2D eigenvalue weighted by Crippen LogP contribution is -1.99. The van der Waals surface area contributed by atoms with Crippen LogP contribution in [-0.4, -0.2) is 26.8 Å². The molecule has 0 aliphatic carbocycles. The van der Waals surface area contributed by atoms with Crippen molar-refractivity contribution in [3.05, 3.63) is 89.1 Å². The summed E-state index contributed by atoms with van der Waals surface area (Å²) in [4.78, 5) is 15.5. The Morgan fingerprint density at radius 3 is 2.57 bits per heavy atom. The zero-order valence-corrected chi connectivity index (χ0v) is 16.0. The van der Waals surface area contributed by atoms with Gasteiger partial charge in [0.25, 0.3) is 5.69 Å². The predicted molar refractivity (Wildman–Crippen MR) is 115 cm³/mol. The highest BCUT2D eigenvalue weighted by molar-refractivity contribution is 6.09. The van der Waals surface area contributed by atoms with Crippen molar-refractivity contribution in [2.45, 2.75) is 0 Å². The molecule has 0 aliphatic rings. The molecule has 0 saturated carbocycles. The minimum absolute atomic E-state index is 0.00773. The van der Waals surface area contributed by atoms with Gasteiger partial charge in [-0.1, -0.05) is 36.4 Å². The van der Waals surface area contributed by atoms with Gasteiger partial charge in [0.15, 0.2) is 0 Å². The first kappa shape index (κ1) is 17.8. The third kappa shape index (κ3) is 2.84. The number of fused-ring (bicyclic) bond motifs is 3. The summed E-state index contributed by atoms with van der Waals surface area (Å²) in [5.74, 6) is 0.699. The lowest BCUT2D eigenvalue weighted by Gasteiger charge is -2.07. The standard InChI is InChI=1S/C23H16N4O3/c1-30-18-10-11-21-19(13-18)23-20(14-24-21)22(15-6-3-2-4-7-15)25-26(23)16-8-5-9-17(12-16)27(28)29/h2-14H,1H3. The number of non-ortho nitro benzene ring substituents is 1. The minimum atomic E-state index is -0.407. The Morgan fingerprint density at radius 1 is 0.967 bits per heavy atom. The maximum atomic E-state index is 11.3. The summed E-state index contributed by atoms with van der Waals surface area (Å²) in [7, 11) is 1.61. The van der Waals surface area contributed by atoms with Gasteiger partial charge in [-0.05, 0) is 24.3 Å². The zero-order chi connectivity index (χ0) is 20.7. The Labute approximate surface area is 171 Å². The summed E-state index contributed by atoms with van der Waals surface area (Å²) >= 11 is 0. The number of pyridine rings is 1. The van der Waals surface area contributed by atoms with Crippen LogP contribution in [0.15, 0.2) is 79.0 Å². The van der Waals surface area contributed by atoms with Crippen molar-refractivity contribution in [1.82, 2.24) is 14.8 Å². The maximum Gasteiger partial charge on any atom is 0.271 e. The number of nitrogens with zero attached hydrogens (tertiary/aromatic N) is 4. The number of rotatable bonds is 4. The molecule has 7 heteroatoms. The van der Waals surface area contributed by atoms with Crippen LogP contribution in [0.3, 0.4) is 0 Å². The predicted octanol–water partition coefficient (Wildman–Crippen LogP) is 5.16. The van der Waals surface area contributed by atoms with Crippen LogP contribution in [0.25, 0.3) is 38.8 Å². The SMILES string of the molecule is COc1ccc2ncc3c(-c4ccccc4)nn(-c4cccc([N+](=O)[O-])c4)c3c2c1. The average Bonchev–Trinajstić information content (AvgIpc) is 3.19. The number of aromatic nitrogens is 3. The van der Waals surface area contributed by atoms with Crippen molar-refractivity contribution < 1.29 is 9.66 Å². The smallest absolute Gasteiger partial charge is 0.271 e. The van der Waals surface area contributed by atoms with E-state index in [9.17, 15) is 10.1 Å². The van der Waals surface area contributed by atoms with E-state index >= 15 is 0 Å². The molecule has 0 radical (unpaired) electrons. The molecule has 30 heavy (non-hydrogen) atoms. The van der Waals surface area contributed by atoms with E-state index < -0.39 is 4.92 Å². The van der Waals surface area contributed by atoms with E-state index in [1.54, 1.807) is 30.1 Å². The molecule has 0 atom stereocenters. The van der Waals surface area contributed by atoms with Gasteiger partial charge in [0.2, 0.25) is 0 Å². The van der Waals surface area contributed by atoms with Crippen molar-refractivity contribution in [2.75, 3.05) is 7.11 Å². The first-order valence-corrected chi connectivity index (χ1v) is 9.31. The number of hydrogen-bond acceptors (Lipinski definition) is 5. The summed E-state index contributed by atoms with van der Waals surface area (Å²) in [6.07, 6.45) is 1.80. The lowest BCUT2D eigenvalue weighted by molar-refractivity contribution is -0.384. The van der Waals surface area contributed by atoms with Crippen LogP contribution in [0.1, 0.15) is 0 Å². The molecule has 2 aromatic heterocycles. The van der Waals surface area contributed by atoms with Gasteiger partial charge in [0, 0.05) is 34.7 Å². The lowest BCUT2D eigenvalue weighted by atomic mass is 10.1. The van der Waals surface area contributed by atoms with Gasteiger partial charge in [-0.2, -0.15) is 5.10 Å². The van der Waals surface area contributed by atoms with Crippen LogP contribution in [0.5, 0.6) is 5.75 Å². The van der Waals surface area contributed by atoms with Crippen LogP contribution >= 0.6 is 0 Å². The molecule has 2 heterocycles. The highest BCUT2D eigenvalue weighted by atomic mass is 16.6. The summed E-state index contributed by atoms with van der Waals surface area (Å²) in [5, 5.41) is 17.9. The molecule has 5 aromatic rings. The van der Waals surface area contributed by atoms with Gasteiger partial charge >= 0.3 is 0 Å². The number of hydrogen-bond donors (Lipinski definition) is 0. The summed E-state index contributed by atoms with van der Waals surface area (Å²) in [6, 6.07) is 21.9. The van der Waals surface area contributed by atoms with E-state index in [1.165, 1.54) is 12.1 Å². The first-order chi connectivity index (χ1) is 14.7. The van der Waals surface area contributed by atoms with E-state index in [2.05, 4.69) is 4.98 Å². The van der Waals surface area contributed by atoms with Crippen molar-refractivity contribution in [1.29, 1.82) is 0 Å². The first-order valence-electron chi connectivity index (χ1n) is 9.31. The Kier molecular flexibility index (Phi) is 4.14. The molecule has 146 valence electrons. The van der Waals surface area contributed by atoms with Crippen LogP contribution in [0.4, 0.5) is 5.69 Å². The van der Waals surface area contributed by atoms with E-state index in [1.807, 2.05) is 48.5 Å². The Hall–Kier alpha value is -4.26. The molecule has 0 aliphatic heterocycles. The molecule has 0 spiro atoms. The third-order valence-corrected chi connectivity index (χ3v) is 5.05. The summed E-state index contributed by atoms with van der Waals surface area (Å²) < 4.78 is 7.16. The van der Waals surface area contributed by atoms with E-state index in [-0.39, 0.29) is 5.69 Å². The molecule has 7 nitrogen and oxygen atoms in total. The van der Waals surface area contributed by atoms with E-state index in [4.69, 9.17) is 9.84 Å². The Bertz CT molecular complexity index is 1410. The minimum Gasteiger partial charge on any atom is -0.497 e. The quantitative estimate of drug-likeness (QED) is 0.310. The van der Waals surface area contributed by atoms with Crippen molar-refractivity contribution in [3.63, 3.8) is 0 Å². The number of methoxy groups -OCH3 is 1. The second kappa shape index (κ2) is 6.97. The van der Waals surface area contributed by atoms with Crippen molar-refractivity contribution in [3.8, 4) is 22.7 Å². The van der Waals surface area contributed by atoms with Gasteiger partial charge < -0.3 is 4.74 Å². The highest BCUT2D eigenvalue weighted by Gasteiger charge is 2.18. The van der Waals surface area contributed by atoms with Crippen LogP contribution in [0, 0.1) is 10.1 Å². The van der Waals surface area contributed by atoms with E-state index in [0.717, 1.165) is 33.1 Å². The van der Waals surface area contributed by atoms with Crippen molar-refractivity contribution >= 4 is 27.5 Å². The monoisotopic (exact) mass is 396 g/mol. The largest absolute Gasteiger partial charge is 0.497 e. The van der Waals surface area contributed by atoms with E-state index in [0.29, 0.717) is 11.4 Å². The average molecular weight is 396 g/mol. The van der Waals surface area contributed by atoms with Gasteiger partial charge in [0.05, 0.1) is 28.8 Å². The van der Waals surface area contributed by atoms with Crippen LogP contribution in [-0.2, 0) is 0 Å². The molecule has 0 unspecified atom stereocenters. The highest BCUT2D eigenvalue weighted by Crippen LogP contribution is 2.35. The molecule has 0 bridgehead atoms. The molecule has 0 saturated heterocycles. The third-order valence-electron chi connectivity index (χ3n) is 5.05. The second-order valence-corrected chi connectivity index (χ2v) is 6.81. The molecule has 0 amide bonds. The van der Waals surface area contributed by atoms with Crippen LogP contribution in [0.2, 0.25) is 0 Å². The number of nitro groups is 1. The van der Waals surface area contributed by atoms with Crippen molar-refractivity contribution in [2.24, 2.45) is 0 Å². The Balaban J connectivity index is 1.90. The molecule has 5 rings (SSSR count). The normalized spacial score (nSPS) is 11.1. The molecule has 3 aromatic carbocycles. The van der Waals surface area contributed by atoms with Gasteiger partial charge in [-0.15, -0.1) is 0 Å². The molecule has 0 N–H and O–H groups in total. The maximum absolute atomic E-state index is 11.3. The van der Waals surface area contributed by atoms with Gasteiger partial charge in [0.1, 0.15) is 11.4 Å². The molecule has 0 fully saturated rings. The van der Waals surface area contributed by atoms with Crippen LogP contribution < -0.4 is 4.74 Å². The molecular formula is C23H16N4O3. The zero-order valence-electron chi connectivity index (χ0n) is 16.0. The van der Waals surface area contributed by atoms with Gasteiger partial charge in [-0.25, -0.2) is 4.68 Å².